The van der Waals surface area contributed by atoms with Gasteiger partial charge in [0, 0.05) is 19.2 Å². The first kappa shape index (κ1) is 11.8. The Hall–Kier alpha value is -2.24. The van der Waals surface area contributed by atoms with E-state index in [0.717, 1.165) is 35.6 Å². The lowest BCUT2D eigenvalue weighted by atomic mass is 10.1. The SMILES string of the molecule is Cc1ccc(-n2nnc3c2CCN(C=O)C3C)nc1. The summed E-state index contributed by atoms with van der Waals surface area (Å²) in [6.45, 7) is 4.66. The number of fused-ring (bicyclic) bond motifs is 1. The number of amides is 1. The zero-order chi connectivity index (χ0) is 13.4. The van der Waals surface area contributed by atoms with Gasteiger partial charge in [-0.3, -0.25) is 4.79 Å². The molecule has 98 valence electrons. The molecule has 0 spiro atoms. The first-order valence-corrected chi connectivity index (χ1v) is 6.29. The Balaban J connectivity index is 2.02. The molecule has 6 heteroatoms. The molecule has 19 heavy (non-hydrogen) atoms. The van der Waals surface area contributed by atoms with Gasteiger partial charge in [0.25, 0.3) is 0 Å². The summed E-state index contributed by atoms with van der Waals surface area (Å²) in [5.74, 6) is 0.770. The van der Waals surface area contributed by atoms with Crippen molar-refractivity contribution in [2.45, 2.75) is 26.3 Å². The molecule has 0 radical (unpaired) electrons. The summed E-state index contributed by atoms with van der Waals surface area (Å²) in [5, 5.41) is 8.39. The molecule has 3 rings (SSSR count). The van der Waals surface area contributed by atoms with Gasteiger partial charge in [0.15, 0.2) is 5.82 Å². The average molecular weight is 257 g/mol. The van der Waals surface area contributed by atoms with Crippen LogP contribution in [-0.4, -0.2) is 37.8 Å². The van der Waals surface area contributed by atoms with Crippen molar-refractivity contribution in [2.75, 3.05) is 6.54 Å². The predicted octanol–water partition coefficient (Wildman–Crippen LogP) is 1.05. The summed E-state index contributed by atoms with van der Waals surface area (Å²) in [5.41, 5.74) is 3.01. The van der Waals surface area contributed by atoms with Gasteiger partial charge in [-0.1, -0.05) is 11.3 Å². The van der Waals surface area contributed by atoms with E-state index >= 15 is 0 Å². The summed E-state index contributed by atoms with van der Waals surface area (Å²) in [7, 11) is 0. The van der Waals surface area contributed by atoms with Gasteiger partial charge in [-0.2, -0.15) is 4.68 Å². The minimum Gasteiger partial charge on any atom is -0.336 e. The molecule has 0 saturated heterocycles. The Morgan fingerprint density at radius 3 is 2.95 bits per heavy atom. The summed E-state index contributed by atoms with van der Waals surface area (Å²) in [4.78, 5) is 17.1. The molecule has 0 N–H and O–H groups in total. The van der Waals surface area contributed by atoms with Crippen LogP contribution in [0.2, 0.25) is 0 Å². The highest BCUT2D eigenvalue weighted by Gasteiger charge is 2.28. The molecule has 1 amide bonds. The quantitative estimate of drug-likeness (QED) is 0.754. The van der Waals surface area contributed by atoms with Crippen LogP contribution in [0.3, 0.4) is 0 Å². The molecule has 1 atom stereocenters. The number of rotatable bonds is 2. The van der Waals surface area contributed by atoms with E-state index in [1.165, 1.54) is 0 Å². The van der Waals surface area contributed by atoms with Gasteiger partial charge in [-0.05, 0) is 25.5 Å². The molecule has 2 aromatic rings. The van der Waals surface area contributed by atoms with E-state index in [2.05, 4.69) is 15.3 Å². The monoisotopic (exact) mass is 257 g/mol. The van der Waals surface area contributed by atoms with E-state index in [4.69, 9.17) is 0 Å². The Morgan fingerprint density at radius 2 is 2.26 bits per heavy atom. The lowest BCUT2D eigenvalue weighted by molar-refractivity contribution is -0.120. The van der Waals surface area contributed by atoms with Gasteiger partial charge in [0.05, 0.1) is 11.7 Å². The third kappa shape index (κ3) is 1.89. The standard InChI is InChI=1S/C13H15N5O/c1-9-3-4-12(14-7-9)18-11-5-6-17(8-19)10(2)13(11)15-16-18/h3-4,7-8,10H,5-6H2,1-2H3. The van der Waals surface area contributed by atoms with E-state index < -0.39 is 0 Å². The van der Waals surface area contributed by atoms with E-state index in [9.17, 15) is 4.79 Å². The highest BCUT2D eigenvalue weighted by atomic mass is 16.1. The van der Waals surface area contributed by atoms with Gasteiger partial charge in [0.1, 0.15) is 5.69 Å². The molecular weight excluding hydrogens is 242 g/mol. The van der Waals surface area contributed by atoms with Crippen LogP contribution >= 0.6 is 0 Å². The minimum absolute atomic E-state index is 0.0274. The summed E-state index contributed by atoms with van der Waals surface area (Å²) in [6.07, 6.45) is 3.44. The Morgan fingerprint density at radius 1 is 1.42 bits per heavy atom. The average Bonchev–Trinajstić information content (AvgIpc) is 2.85. The minimum atomic E-state index is -0.0274. The van der Waals surface area contributed by atoms with Gasteiger partial charge in [-0.15, -0.1) is 5.10 Å². The van der Waals surface area contributed by atoms with Crippen molar-refractivity contribution >= 4 is 6.41 Å². The highest BCUT2D eigenvalue weighted by molar-refractivity contribution is 5.49. The smallest absolute Gasteiger partial charge is 0.210 e. The summed E-state index contributed by atoms with van der Waals surface area (Å²) >= 11 is 0. The van der Waals surface area contributed by atoms with E-state index in [0.29, 0.717) is 6.54 Å². The number of carbonyl (C=O) groups is 1. The first-order chi connectivity index (χ1) is 9.20. The van der Waals surface area contributed by atoms with Crippen molar-refractivity contribution in [3.63, 3.8) is 0 Å². The second-order valence-electron chi connectivity index (χ2n) is 4.80. The molecule has 1 aliphatic heterocycles. The van der Waals surface area contributed by atoms with E-state index in [1.807, 2.05) is 32.2 Å². The normalized spacial score (nSPS) is 18.2. The Labute approximate surface area is 111 Å². The van der Waals surface area contributed by atoms with E-state index in [-0.39, 0.29) is 6.04 Å². The second kappa shape index (κ2) is 4.46. The highest BCUT2D eigenvalue weighted by Crippen LogP contribution is 2.27. The largest absolute Gasteiger partial charge is 0.336 e. The predicted molar refractivity (Wildman–Crippen MR) is 68.8 cm³/mol. The first-order valence-electron chi connectivity index (χ1n) is 6.29. The van der Waals surface area contributed by atoms with Crippen LogP contribution < -0.4 is 0 Å². The molecule has 1 aliphatic rings. The van der Waals surface area contributed by atoms with Gasteiger partial charge < -0.3 is 4.90 Å². The number of carbonyl (C=O) groups excluding carboxylic acids is 1. The number of hydrogen-bond acceptors (Lipinski definition) is 4. The van der Waals surface area contributed by atoms with E-state index in [1.54, 1.807) is 9.58 Å². The third-order valence-corrected chi connectivity index (χ3v) is 3.54. The fourth-order valence-electron chi connectivity index (χ4n) is 2.37. The van der Waals surface area contributed by atoms with Crippen molar-refractivity contribution in [3.8, 4) is 5.82 Å². The topological polar surface area (TPSA) is 63.9 Å². The van der Waals surface area contributed by atoms with Crippen LogP contribution in [0.25, 0.3) is 5.82 Å². The molecule has 0 fully saturated rings. The zero-order valence-electron chi connectivity index (χ0n) is 10.9. The van der Waals surface area contributed by atoms with Crippen LogP contribution in [-0.2, 0) is 11.2 Å². The maximum Gasteiger partial charge on any atom is 0.210 e. The number of pyridine rings is 1. The van der Waals surface area contributed by atoms with Gasteiger partial charge in [0.2, 0.25) is 6.41 Å². The molecular formula is C13H15N5O. The maximum atomic E-state index is 11.0. The molecule has 0 aromatic carbocycles. The lowest BCUT2D eigenvalue weighted by Crippen LogP contribution is -2.33. The van der Waals surface area contributed by atoms with Crippen LogP contribution in [0.4, 0.5) is 0 Å². The molecule has 3 heterocycles. The maximum absolute atomic E-state index is 11.0. The van der Waals surface area contributed by atoms with Crippen LogP contribution in [0.5, 0.6) is 0 Å². The van der Waals surface area contributed by atoms with Crippen molar-refractivity contribution < 1.29 is 4.79 Å². The zero-order valence-corrected chi connectivity index (χ0v) is 10.9. The number of aryl methyl sites for hydroxylation is 1. The summed E-state index contributed by atoms with van der Waals surface area (Å²) < 4.78 is 1.77. The van der Waals surface area contributed by atoms with Crippen molar-refractivity contribution in [2.24, 2.45) is 0 Å². The van der Waals surface area contributed by atoms with Gasteiger partial charge in [-0.25, -0.2) is 4.98 Å². The van der Waals surface area contributed by atoms with Crippen molar-refractivity contribution in [1.82, 2.24) is 24.9 Å². The van der Waals surface area contributed by atoms with Crippen LogP contribution in [0.15, 0.2) is 18.3 Å². The van der Waals surface area contributed by atoms with Crippen LogP contribution in [0, 0.1) is 6.92 Å². The third-order valence-electron chi connectivity index (χ3n) is 3.54. The fraction of sp³-hybridized carbons (Fsp3) is 0.385. The van der Waals surface area contributed by atoms with Crippen molar-refractivity contribution in [3.05, 3.63) is 35.3 Å². The Kier molecular flexibility index (Phi) is 2.77. The van der Waals surface area contributed by atoms with Crippen molar-refractivity contribution in [1.29, 1.82) is 0 Å². The Bertz CT molecular complexity index is 604. The lowest BCUT2D eigenvalue weighted by Gasteiger charge is -2.28. The number of nitrogens with zero attached hydrogens (tertiary/aromatic N) is 5. The van der Waals surface area contributed by atoms with Gasteiger partial charge >= 0.3 is 0 Å². The fourth-order valence-corrected chi connectivity index (χ4v) is 2.37. The molecule has 6 nitrogen and oxygen atoms in total. The second-order valence-corrected chi connectivity index (χ2v) is 4.80. The molecule has 2 aromatic heterocycles. The van der Waals surface area contributed by atoms with Crippen LogP contribution in [0.1, 0.15) is 29.9 Å². The molecule has 1 unspecified atom stereocenters. The number of hydrogen-bond donors (Lipinski definition) is 0. The molecule has 0 saturated carbocycles. The molecule has 0 bridgehead atoms. The number of aromatic nitrogens is 4. The summed E-state index contributed by atoms with van der Waals surface area (Å²) in [6, 6.07) is 3.90. The molecule has 0 aliphatic carbocycles.